The summed E-state index contributed by atoms with van der Waals surface area (Å²) in [7, 11) is 0. The molecule has 0 aromatic rings. The van der Waals surface area contributed by atoms with E-state index >= 15 is 0 Å². The molecule has 1 atom stereocenters. The first-order chi connectivity index (χ1) is 7.27. The Morgan fingerprint density at radius 2 is 2.27 bits per heavy atom. The van der Waals surface area contributed by atoms with Crippen LogP contribution in [0.25, 0.3) is 0 Å². The summed E-state index contributed by atoms with van der Waals surface area (Å²) in [6.07, 6.45) is 7.42. The summed E-state index contributed by atoms with van der Waals surface area (Å²) in [6, 6.07) is -0.00286. The number of likely N-dealkylation sites (tertiary alicyclic amines) is 1. The summed E-state index contributed by atoms with van der Waals surface area (Å²) in [5.74, 6) is 2.70. The number of rotatable bonds is 4. The summed E-state index contributed by atoms with van der Waals surface area (Å²) < 4.78 is 4.76. The van der Waals surface area contributed by atoms with Crippen LogP contribution < -0.4 is 5.32 Å². The Hall–Kier alpha value is -1.21. The summed E-state index contributed by atoms with van der Waals surface area (Å²) in [4.78, 5) is 13.3. The van der Waals surface area contributed by atoms with Crippen LogP contribution in [0.2, 0.25) is 0 Å². The van der Waals surface area contributed by atoms with Gasteiger partial charge in [0, 0.05) is 6.54 Å². The van der Waals surface area contributed by atoms with Crippen LogP contribution in [0.4, 0.5) is 4.79 Å². The third-order valence-electron chi connectivity index (χ3n) is 2.49. The summed E-state index contributed by atoms with van der Waals surface area (Å²) in [5.41, 5.74) is 0. The first kappa shape index (κ1) is 11.9. The molecule has 0 aromatic heterocycles. The van der Waals surface area contributed by atoms with Crippen LogP contribution in [-0.4, -0.2) is 43.3 Å². The average Bonchev–Trinajstić information content (AvgIpc) is 2.72. The first-order valence-corrected chi connectivity index (χ1v) is 5.38. The molecule has 1 aliphatic rings. The standard InChI is InChI=1S/C11H18N2O2/c1-3-10(13-7-5-6-8-13)9-12-11(14)15-4-2/h1,10H,4-9H2,2H3,(H,12,14). The van der Waals surface area contributed by atoms with Gasteiger partial charge in [0.15, 0.2) is 0 Å². The van der Waals surface area contributed by atoms with Crippen molar-refractivity contribution in [2.24, 2.45) is 0 Å². The maximum atomic E-state index is 11.1. The van der Waals surface area contributed by atoms with Crippen LogP contribution in [0.15, 0.2) is 0 Å². The topological polar surface area (TPSA) is 41.6 Å². The lowest BCUT2D eigenvalue weighted by Crippen LogP contribution is -2.41. The highest BCUT2D eigenvalue weighted by Gasteiger charge is 2.20. The number of nitrogens with zero attached hydrogens (tertiary/aromatic N) is 1. The molecule has 1 amide bonds. The Morgan fingerprint density at radius 1 is 1.60 bits per heavy atom. The minimum atomic E-state index is -0.392. The third kappa shape index (κ3) is 3.80. The van der Waals surface area contributed by atoms with E-state index in [1.165, 1.54) is 12.8 Å². The number of amides is 1. The molecule has 0 aliphatic carbocycles. The van der Waals surface area contributed by atoms with Crippen molar-refractivity contribution >= 4 is 6.09 Å². The molecule has 1 unspecified atom stereocenters. The van der Waals surface area contributed by atoms with Gasteiger partial charge in [-0.05, 0) is 32.9 Å². The van der Waals surface area contributed by atoms with E-state index in [-0.39, 0.29) is 6.04 Å². The maximum absolute atomic E-state index is 11.1. The van der Waals surface area contributed by atoms with Crippen molar-refractivity contribution in [2.75, 3.05) is 26.2 Å². The van der Waals surface area contributed by atoms with Gasteiger partial charge in [0.25, 0.3) is 0 Å². The molecule has 1 N–H and O–H groups in total. The van der Waals surface area contributed by atoms with Gasteiger partial charge in [-0.2, -0.15) is 0 Å². The van der Waals surface area contributed by atoms with Crippen molar-refractivity contribution in [3.05, 3.63) is 0 Å². The molecule has 4 heteroatoms. The third-order valence-corrected chi connectivity index (χ3v) is 2.49. The van der Waals surface area contributed by atoms with Crippen LogP contribution in [0.1, 0.15) is 19.8 Å². The molecule has 1 heterocycles. The number of terminal acetylenes is 1. The average molecular weight is 210 g/mol. The molecule has 0 radical (unpaired) electrons. The molecule has 1 fully saturated rings. The Kier molecular flexibility index (Phi) is 4.99. The van der Waals surface area contributed by atoms with E-state index in [0.717, 1.165) is 13.1 Å². The van der Waals surface area contributed by atoms with E-state index in [9.17, 15) is 4.79 Å². The number of hydrogen-bond donors (Lipinski definition) is 1. The van der Waals surface area contributed by atoms with Crippen LogP contribution in [0, 0.1) is 12.3 Å². The predicted molar refractivity (Wildman–Crippen MR) is 58.5 cm³/mol. The van der Waals surface area contributed by atoms with Crippen molar-refractivity contribution in [2.45, 2.75) is 25.8 Å². The van der Waals surface area contributed by atoms with Gasteiger partial charge in [-0.25, -0.2) is 4.79 Å². The first-order valence-electron chi connectivity index (χ1n) is 5.38. The van der Waals surface area contributed by atoms with Crippen LogP contribution in [0.5, 0.6) is 0 Å². The van der Waals surface area contributed by atoms with Crippen LogP contribution in [-0.2, 0) is 4.74 Å². The van der Waals surface area contributed by atoms with Gasteiger partial charge in [0.2, 0.25) is 0 Å². The maximum Gasteiger partial charge on any atom is 0.407 e. The molecule has 84 valence electrons. The Morgan fingerprint density at radius 3 is 2.80 bits per heavy atom. The number of alkyl carbamates (subject to hydrolysis) is 1. The Balaban J connectivity index is 2.28. The van der Waals surface area contributed by atoms with E-state index in [1.807, 2.05) is 0 Å². The van der Waals surface area contributed by atoms with E-state index in [4.69, 9.17) is 11.2 Å². The molecule has 0 aromatic carbocycles. The molecule has 0 bridgehead atoms. The largest absolute Gasteiger partial charge is 0.450 e. The summed E-state index contributed by atoms with van der Waals surface area (Å²) >= 11 is 0. The number of ether oxygens (including phenoxy) is 1. The molecule has 15 heavy (non-hydrogen) atoms. The zero-order valence-corrected chi connectivity index (χ0v) is 9.16. The van der Waals surface area contributed by atoms with Crippen molar-refractivity contribution in [1.29, 1.82) is 0 Å². The van der Waals surface area contributed by atoms with Gasteiger partial charge in [0.1, 0.15) is 0 Å². The predicted octanol–water partition coefficient (Wildman–Crippen LogP) is 0.830. The van der Waals surface area contributed by atoms with E-state index in [2.05, 4.69) is 16.1 Å². The van der Waals surface area contributed by atoms with Crippen LogP contribution in [0.3, 0.4) is 0 Å². The zero-order valence-electron chi connectivity index (χ0n) is 9.16. The van der Waals surface area contributed by atoms with Crippen LogP contribution >= 0.6 is 0 Å². The molecule has 1 saturated heterocycles. The van der Waals surface area contributed by atoms with Crippen molar-refractivity contribution in [3.63, 3.8) is 0 Å². The minimum absolute atomic E-state index is 0.00286. The highest BCUT2D eigenvalue weighted by molar-refractivity contribution is 5.67. The van der Waals surface area contributed by atoms with Crippen molar-refractivity contribution in [3.8, 4) is 12.3 Å². The van der Waals surface area contributed by atoms with E-state index in [0.29, 0.717) is 13.2 Å². The van der Waals surface area contributed by atoms with Gasteiger partial charge in [-0.15, -0.1) is 6.42 Å². The molecule has 4 nitrogen and oxygen atoms in total. The second-order valence-corrected chi connectivity index (χ2v) is 3.53. The van der Waals surface area contributed by atoms with Gasteiger partial charge >= 0.3 is 6.09 Å². The fourth-order valence-electron chi connectivity index (χ4n) is 1.71. The molecule has 1 rings (SSSR count). The number of nitrogens with one attached hydrogen (secondary N) is 1. The smallest absolute Gasteiger partial charge is 0.407 e. The normalized spacial score (nSPS) is 18.1. The van der Waals surface area contributed by atoms with Crippen molar-refractivity contribution in [1.82, 2.24) is 10.2 Å². The lowest BCUT2D eigenvalue weighted by Gasteiger charge is -2.22. The van der Waals surface area contributed by atoms with Crippen molar-refractivity contribution < 1.29 is 9.53 Å². The monoisotopic (exact) mass is 210 g/mol. The van der Waals surface area contributed by atoms with Gasteiger partial charge in [0.05, 0.1) is 12.6 Å². The SMILES string of the molecule is C#CC(CNC(=O)OCC)N1CCCC1. The zero-order chi connectivity index (χ0) is 11.1. The number of carbonyl (C=O) groups is 1. The number of carbonyl (C=O) groups excluding carboxylic acids is 1. The van der Waals surface area contributed by atoms with Gasteiger partial charge < -0.3 is 10.1 Å². The molecule has 0 spiro atoms. The second-order valence-electron chi connectivity index (χ2n) is 3.53. The molecular formula is C11H18N2O2. The molecular weight excluding hydrogens is 192 g/mol. The van der Waals surface area contributed by atoms with E-state index in [1.54, 1.807) is 6.92 Å². The highest BCUT2D eigenvalue weighted by Crippen LogP contribution is 2.10. The Bertz CT molecular complexity index is 241. The lowest BCUT2D eigenvalue weighted by molar-refractivity contribution is 0.149. The van der Waals surface area contributed by atoms with Gasteiger partial charge in [-0.1, -0.05) is 5.92 Å². The van der Waals surface area contributed by atoms with E-state index < -0.39 is 6.09 Å². The van der Waals surface area contributed by atoms with Gasteiger partial charge in [-0.3, -0.25) is 4.90 Å². The quantitative estimate of drug-likeness (QED) is 0.699. The summed E-state index contributed by atoms with van der Waals surface area (Å²) in [5, 5.41) is 2.67. The fraction of sp³-hybridized carbons (Fsp3) is 0.727. The number of hydrogen-bond acceptors (Lipinski definition) is 3. The second kappa shape index (κ2) is 6.31. The summed E-state index contributed by atoms with van der Waals surface area (Å²) in [6.45, 7) is 4.68. The fourth-order valence-corrected chi connectivity index (χ4v) is 1.71. The highest BCUT2D eigenvalue weighted by atomic mass is 16.5. The minimum Gasteiger partial charge on any atom is -0.450 e. The molecule has 1 aliphatic heterocycles. The molecule has 0 saturated carbocycles. The lowest BCUT2D eigenvalue weighted by atomic mass is 10.3. The Labute approximate surface area is 91.0 Å².